The molecule has 3 nitrogen and oxygen atoms in total. The van der Waals surface area contributed by atoms with Crippen LogP contribution < -0.4 is 11.1 Å². The summed E-state index contributed by atoms with van der Waals surface area (Å²) in [5, 5.41) is 13.5. The summed E-state index contributed by atoms with van der Waals surface area (Å²) in [5.74, 6) is 0. The molecule has 0 aromatic heterocycles. The van der Waals surface area contributed by atoms with E-state index in [4.69, 9.17) is 5.73 Å². The smallest absolute Gasteiger partial charge is 0.0741 e. The topological polar surface area (TPSA) is 58.3 Å². The van der Waals surface area contributed by atoms with Crippen molar-refractivity contribution in [2.45, 2.75) is 51.2 Å². The highest BCUT2D eigenvalue weighted by molar-refractivity contribution is 5.63. The fraction of sp³-hybridized carbons (Fsp3) is 0.571. The Morgan fingerprint density at radius 3 is 2.82 bits per heavy atom. The normalized spacial score (nSPS) is 25.3. The number of hydrogen-bond donors (Lipinski definition) is 3. The first kappa shape index (κ1) is 12.2. The molecule has 1 aliphatic carbocycles. The molecular weight excluding hydrogens is 212 g/mol. The third-order valence-corrected chi connectivity index (χ3v) is 3.70. The maximum Gasteiger partial charge on any atom is 0.0741 e. The monoisotopic (exact) mass is 234 g/mol. The number of anilines is 2. The van der Waals surface area contributed by atoms with Gasteiger partial charge in [-0.05, 0) is 37.5 Å². The molecule has 17 heavy (non-hydrogen) atoms. The van der Waals surface area contributed by atoms with Crippen molar-refractivity contribution < 1.29 is 5.11 Å². The first-order chi connectivity index (χ1) is 8.18. The summed E-state index contributed by atoms with van der Waals surface area (Å²) in [7, 11) is 0. The molecule has 1 saturated carbocycles. The average Bonchev–Trinajstić information content (AvgIpc) is 2.51. The van der Waals surface area contributed by atoms with Gasteiger partial charge in [0.2, 0.25) is 0 Å². The molecule has 1 aromatic rings. The molecule has 2 unspecified atom stereocenters. The van der Waals surface area contributed by atoms with Crippen molar-refractivity contribution in [2.24, 2.45) is 0 Å². The summed E-state index contributed by atoms with van der Waals surface area (Å²) in [4.78, 5) is 0. The van der Waals surface area contributed by atoms with Crippen LogP contribution in [-0.4, -0.2) is 17.3 Å². The van der Waals surface area contributed by atoms with Crippen LogP contribution in [0.25, 0.3) is 0 Å². The molecule has 0 amide bonds. The number of hydrogen-bond acceptors (Lipinski definition) is 3. The molecule has 0 saturated heterocycles. The number of benzene rings is 1. The van der Waals surface area contributed by atoms with Gasteiger partial charge in [-0.25, -0.2) is 0 Å². The summed E-state index contributed by atoms with van der Waals surface area (Å²) < 4.78 is 0. The summed E-state index contributed by atoms with van der Waals surface area (Å²) in [6.07, 6.45) is 5.25. The molecule has 0 heterocycles. The summed E-state index contributed by atoms with van der Waals surface area (Å²) in [6, 6.07) is 6.05. The van der Waals surface area contributed by atoms with Gasteiger partial charge in [-0.2, -0.15) is 0 Å². The number of aliphatic hydroxyl groups is 1. The lowest BCUT2D eigenvalue weighted by molar-refractivity contribution is 0.144. The van der Waals surface area contributed by atoms with Crippen molar-refractivity contribution in [3.63, 3.8) is 0 Å². The van der Waals surface area contributed by atoms with Crippen LogP contribution >= 0.6 is 0 Å². The fourth-order valence-corrected chi connectivity index (χ4v) is 2.47. The standard InChI is InChI=1S/C14H22N2O/c1-10-11(15)6-5-8-12(10)16-13-7-3-2-4-9-14(13)17/h5-6,8,13-14,16-17H,2-4,7,9,15H2,1H3. The van der Waals surface area contributed by atoms with Crippen molar-refractivity contribution in [3.8, 4) is 0 Å². The molecule has 3 heteroatoms. The predicted octanol–water partition coefficient (Wildman–Crippen LogP) is 2.68. The van der Waals surface area contributed by atoms with Gasteiger partial charge >= 0.3 is 0 Å². The van der Waals surface area contributed by atoms with Gasteiger partial charge in [-0.15, -0.1) is 0 Å². The molecule has 0 aliphatic heterocycles. The number of nitrogens with two attached hydrogens (primary N) is 1. The van der Waals surface area contributed by atoms with E-state index in [-0.39, 0.29) is 12.1 Å². The Morgan fingerprint density at radius 1 is 1.24 bits per heavy atom. The van der Waals surface area contributed by atoms with Crippen molar-refractivity contribution >= 4 is 11.4 Å². The van der Waals surface area contributed by atoms with Crippen molar-refractivity contribution in [3.05, 3.63) is 23.8 Å². The van der Waals surface area contributed by atoms with Gasteiger partial charge in [-0.3, -0.25) is 0 Å². The predicted molar refractivity (Wildman–Crippen MR) is 72.1 cm³/mol. The number of nitrogens with one attached hydrogen (secondary N) is 1. The molecular formula is C14H22N2O. The van der Waals surface area contributed by atoms with Gasteiger partial charge in [-0.1, -0.05) is 25.3 Å². The minimum Gasteiger partial charge on any atom is -0.398 e. The Balaban J connectivity index is 2.10. The van der Waals surface area contributed by atoms with Gasteiger partial charge in [0.25, 0.3) is 0 Å². The van der Waals surface area contributed by atoms with Crippen LogP contribution in [0.4, 0.5) is 11.4 Å². The van der Waals surface area contributed by atoms with E-state index in [2.05, 4.69) is 5.32 Å². The van der Waals surface area contributed by atoms with Crippen LogP contribution in [0.2, 0.25) is 0 Å². The second-order valence-electron chi connectivity index (χ2n) is 4.98. The van der Waals surface area contributed by atoms with Crippen LogP contribution in [0, 0.1) is 6.92 Å². The van der Waals surface area contributed by atoms with E-state index in [0.29, 0.717) is 0 Å². The largest absolute Gasteiger partial charge is 0.398 e. The SMILES string of the molecule is Cc1c(N)cccc1NC1CCCCCC1O. The number of aliphatic hydroxyl groups excluding tert-OH is 1. The van der Waals surface area contributed by atoms with Gasteiger partial charge < -0.3 is 16.2 Å². The molecule has 2 rings (SSSR count). The van der Waals surface area contributed by atoms with E-state index in [9.17, 15) is 5.11 Å². The lowest BCUT2D eigenvalue weighted by Gasteiger charge is -2.24. The molecule has 94 valence electrons. The highest BCUT2D eigenvalue weighted by atomic mass is 16.3. The van der Waals surface area contributed by atoms with Crippen LogP contribution in [-0.2, 0) is 0 Å². The lowest BCUT2D eigenvalue weighted by Crippen LogP contribution is -2.32. The summed E-state index contributed by atoms with van der Waals surface area (Å²) in [6.45, 7) is 2.01. The quantitative estimate of drug-likeness (QED) is 0.544. The highest BCUT2D eigenvalue weighted by Crippen LogP contribution is 2.25. The fourth-order valence-electron chi connectivity index (χ4n) is 2.47. The zero-order chi connectivity index (χ0) is 12.3. The van der Waals surface area contributed by atoms with Crippen molar-refractivity contribution in [2.75, 3.05) is 11.1 Å². The maximum atomic E-state index is 10.1. The van der Waals surface area contributed by atoms with Gasteiger partial charge in [0.15, 0.2) is 0 Å². The molecule has 1 aliphatic rings. The highest BCUT2D eigenvalue weighted by Gasteiger charge is 2.21. The van der Waals surface area contributed by atoms with Crippen LogP contribution in [0.5, 0.6) is 0 Å². The zero-order valence-electron chi connectivity index (χ0n) is 10.4. The Labute approximate surface area is 103 Å². The minimum absolute atomic E-state index is 0.165. The zero-order valence-corrected chi connectivity index (χ0v) is 10.4. The third-order valence-electron chi connectivity index (χ3n) is 3.70. The molecule has 2 atom stereocenters. The van der Waals surface area contributed by atoms with E-state index in [1.54, 1.807) is 0 Å². The van der Waals surface area contributed by atoms with Crippen molar-refractivity contribution in [1.29, 1.82) is 0 Å². The van der Waals surface area contributed by atoms with E-state index in [1.165, 1.54) is 12.8 Å². The Bertz CT molecular complexity index is 378. The van der Waals surface area contributed by atoms with Gasteiger partial charge in [0.05, 0.1) is 12.1 Å². The molecule has 0 spiro atoms. The van der Waals surface area contributed by atoms with E-state index >= 15 is 0 Å². The second kappa shape index (κ2) is 5.41. The average molecular weight is 234 g/mol. The van der Waals surface area contributed by atoms with Crippen LogP contribution in [0.3, 0.4) is 0 Å². The number of rotatable bonds is 2. The molecule has 0 radical (unpaired) electrons. The van der Waals surface area contributed by atoms with E-state index in [0.717, 1.165) is 36.2 Å². The Kier molecular flexibility index (Phi) is 3.89. The van der Waals surface area contributed by atoms with Crippen molar-refractivity contribution in [1.82, 2.24) is 0 Å². The molecule has 1 fully saturated rings. The minimum atomic E-state index is -0.238. The number of nitrogen functional groups attached to an aromatic ring is 1. The molecule has 0 bridgehead atoms. The molecule has 4 N–H and O–H groups in total. The first-order valence-corrected chi connectivity index (χ1v) is 6.48. The molecule has 1 aromatic carbocycles. The summed E-state index contributed by atoms with van der Waals surface area (Å²) >= 11 is 0. The first-order valence-electron chi connectivity index (χ1n) is 6.48. The van der Waals surface area contributed by atoms with Gasteiger partial charge in [0.1, 0.15) is 0 Å². The van der Waals surface area contributed by atoms with Crippen LogP contribution in [0.1, 0.15) is 37.7 Å². The van der Waals surface area contributed by atoms with E-state index in [1.807, 2.05) is 25.1 Å². The Morgan fingerprint density at radius 2 is 2.00 bits per heavy atom. The lowest BCUT2D eigenvalue weighted by atomic mass is 10.0. The Hall–Kier alpha value is -1.22. The summed E-state index contributed by atoms with van der Waals surface area (Å²) in [5.41, 5.74) is 8.82. The maximum absolute atomic E-state index is 10.1. The van der Waals surface area contributed by atoms with E-state index < -0.39 is 0 Å². The second-order valence-corrected chi connectivity index (χ2v) is 4.98. The third kappa shape index (κ3) is 2.91. The van der Waals surface area contributed by atoms with Crippen LogP contribution in [0.15, 0.2) is 18.2 Å². The van der Waals surface area contributed by atoms with Gasteiger partial charge in [0, 0.05) is 11.4 Å².